The van der Waals surface area contributed by atoms with Gasteiger partial charge in [0.2, 0.25) is 10.0 Å². The second kappa shape index (κ2) is 9.78. The number of hydrogen-bond donors (Lipinski definition) is 0. The third-order valence-electron chi connectivity index (χ3n) is 4.50. The minimum atomic E-state index is -3.74. The van der Waals surface area contributed by atoms with Gasteiger partial charge in [-0.3, -0.25) is 0 Å². The molecule has 1 aliphatic rings. The van der Waals surface area contributed by atoms with E-state index in [2.05, 4.69) is 0 Å². The average molecular weight is 454 g/mol. The highest BCUT2D eigenvalue weighted by Gasteiger charge is 2.32. The first-order valence-electron chi connectivity index (χ1n) is 9.57. The van der Waals surface area contributed by atoms with E-state index in [0.717, 1.165) is 0 Å². The number of para-hydroxylation sites is 1. The summed E-state index contributed by atoms with van der Waals surface area (Å²) in [5.41, 5.74) is 0.156. The second-order valence-corrected chi connectivity index (χ2v) is 9.37. The molecule has 0 aromatic heterocycles. The SMILES string of the molecule is CC1CN(S(=O)(=O)c2cccc(C(=O)OCCOc3ccccc3Cl)c2)CC(C)O1. The lowest BCUT2D eigenvalue weighted by atomic mass is 10.2. The number of nitrogens with zero attached hydrogens (tertiary/aromatic N) is 1. The zero-order valence-corrected chi connectivity index (χ0v) is 18.4. The van der Waals surface area contributed by atoms with E-state index in [9.17, 15) is 13.2 Å². The Morgan fingerprint density at radius 1 is 1.10 bits per heavy atom. The molecule has 0 bridgehead atoms. The molecule has 0 radical (unpaired) electrons. The van der Waals surface area contributed by atoms with Crippen LogP contribution < -0.4 is 4.74 Å². The molecule has 1 saturated heterocycles. The number of halogens is 1. The monoisotopic (exact) mass is 453 g/mol. The molecule has 2 aromatic carbocycles. The molecule has 2 atom stereocenters. The summed E-state index contributed by atoms with van der Waals surface area (Å²) in [4.78, 5) is 12.4. The highest BCUT2D eigenvalue weighted by Crippen LogP contribution is 2.23. The van der Waals surface area contributed by atoms with E-state index in [1.807, 2.05) is 13.8 Å². The lowest BCUT2D eigenvalue weighted by Crippen LogP contribution is -2.48. The molecule has 3 rings (SSSR count). The van der Waals surface area contributed by atoms with Crippen molar-refractivity contribution in [1.82, 2.24) is 4.31 Å². The number of benzene rings is 2. The normalized spacial score (nSPS) is 20.0. The first-order valence-corrected chi connectivity index (χ1v) is 11.4. The summed E-state index contributed by atoms with van der Waals surface area (Å²) in [7, 11) is -3.74. The molecule has 0 aliphatic carbocycles. The molecule has 162 valence electrons. The summed E-state index contributed by atoms with van der Waals surface area (Å²) in [5.74, 6) is -0.129. The highest BCUT2D eigenvalue weighted by atomic mass is 35.5. The van der Waals surface area contributed by atoms with Crippen molar-refractivity contribution in [3.63, 3.8) is 0 Å². The van der Waals surface area contributed by atoms with Crippen LogP contribution in [0, 0.1) is 0 Å². The maximum absolute atomic E-state index is 13.0. The quantitative estimate of drug-likeness (QED) is 0.472. The number of rotatable bonds is 7. The first-order chi connectivity index (χ1) is 14.3. The van der Waals surface area contributed by atoms with Gasteiger partial charge in [-0.2, -0.15) is 4.31 Å². The fourth-order valence-corrected chi connectivity index (χ4v) is 5.02. The van der Waals surface area contributed by atoms with Crippen LogP contribution in [0.5, 0.6) is 5.75 Å². The molecule has 7 nitrogen and oxygen atoms in total. The van der Waals surface area contributed by atoms with Crippen molar-refractivity contribution in [2.24, 2.45) is 0 Å². The van der Waals surface area contributed by atoms with E-state index in [1.165, 1.54) is 28.6 Å². The molecule has 30 heavy (non-hydrogen) atoms. The first kappa shape index (κ1) is 22.6. The van der Waals surface area contributed by atoms with Gasteiger partial charge in [0.05, 0.1) is 27.7 Å². The van der Waals surface area contributed by atoms with Crippen LogP contribution in [-0.4, -0.2) is 57.2 Å². The predicted octanol–water partition coefficient (Wildman–Crippen LogP) is 3.37. The summed E-state index contributed by atoms with van der Waals surface area (Å²) < 4.78 is 43.6. The largest absolute Gasteiger partial charge is 0.488 e. The zero-order valence-electron chi connectivity index (χ0n) is 16.8. The number of esters is 1. The predicted molar refractivity (Wildman–Crippen MR) is 112 cm³/mol. The summed E-state index contributed by atoms with van der Waals surface area (Å²) in [6.07, 6.45) is -0.399. The molecule has 9 heteroatoms. The summed E-state index contributed by atoms with van der Waals surface area (Å²) in [6, 6.07) is 12.8. The Hall–Kier alpha value is -2.13. The van der Waals surface area contributed by atoms with E-state index in [4.69, 9.17) is 25.8 Å². The molecule has 1 heterocycles. The number of carbonyl (C=O) groups excluding carboxylic acids is 1. The van der Waals surface area contributed by atoms with Crippen LogP contribution in [-0.2, 0) is 19.5 Å². The Labute approximate surface area is 181 Å². The van der Waals surface area contributed by atoms with E-state index in [-0.39, 0.29) is 49.0 Å². The van der Waals surface area contributed by atoms with Crippen molar-refractivity contribution in [1.29, 1.82) is 0 Å². The molecule has 2 unspecified atom stereocenters. The van der Waals surface area contributed by atoms with Gasteiger partial charge in [0.25, 0.3) is 0 Å². The van der Waals surface area contributed by atoms with Gasteiger partial charge in [-0.1, -0.05) is 29.8 Å². The van der Waals surface area contributed by atoms with Gasteiger partial charge in [0.15, 0.2) is 0 Å². The molecule has 0 N–H and O–H groups in total. The molecule has 0 spiro atoms. The fraction of sp³-hybridized carbons (Fsp3) is 0.381. The number of hydrogen-bond acceptors (Lipinski definition) is 6. The van der Waals surface area contributed by atoms with Gasteiger partial charge in [-0.25, -0.2) is 13.2 Å². The van der Waals surface area contributed by atoms with Crippen LogP contribution in [0.25, 0.3) is 0 Å². The average Bonchev–Trinajstić information content (AvgIpc) is 2.71. The molecule has 1 aliphatic heterocycles. The van der Waals surface area contributed by atoms with Crippen LogP contribution in [0.4, 0.5) is 0 Å². The highest BCUT2D eigenvalue weighted by molar-refractivity contribution is 7.89. The van der Waals surface area contributed by atoms with Gasteiger partial charge in [0.1, 0.15) is 19.0 Å². The summed E-state index contributed by atoms with van der Waals surface area (Å²) in [5, 5.41) is 0.466. The minimum absolute atomic E-state index is 0.000469. The van der Waals surface area contributed by atoms with E-state index < -0.39 is 16.0 Å². The summed E-state index contributed by atoms with van der Waals surface area (Å²) >= 11 is 6.00. The van der Waals surface area contributed by atoms with Crippen LogP contribution in [0.15, 0.2) is 53.4 Å². The summed E-state index contributed by atoms with van der Waals surface area (Å²) in [6.45, 7) is 4.31. The minimum Gasteiger partial charge on any atom is -0.488 e. The van der Waals surface area contributed by atoms with Gasteiger partial charge < -0.3 is 14.2 Å². The van der Waals surface area contributed by atoms with Gasteiger partial charge in [0, 0.05) is 13.1 Å². The zero-order chi connectivity index (χ0) is 21.7. The Bertz CT molecular complexity index is 986. The van der Waals surface area contributed by atoms with Crippen LogP contribution in [0.2, 0.25) is 5.02 Å². The van der Waals surface area contributed by atoms with Crippen molar-refractivity contribution in [2.45, 2.75) is 31.0 Å². The maximum Gasteiger partial charge on any atom is 0.338 e. The fourth-order valence-electron chi connectivity index (χ4n) is 3.19. The molecule has 1 fully saturated rings. The third kappa shape index (κ3) is 5.51. The number of carbonyl (C=O) groups is 1. The topological polar surface area (TPSA) is 82.1 Å². The van der Waals surface area contributed by atoms with Crippen molar-refractivity contribution in [3.05, 3.63) is 59.1 Å². The van der Waals surface area contributed by atoms with Crippen molar-refractivity contribution < 1.29 is 27.4 Å². The molecule has 0 saturated carbocycles. The van der Waals surface area contributed by atoms with E-state index in [1.54, 1.807) is 24.3 Å². The molecule has 2 aromatic rings. The second-order valence-electron chi connectivity index (χ2n) is 7.02. The maximum atomic E-state index is 13.0. The van der Waals surface area contributed by atoms with Gasteiger partial charge in [-0.15, -0.1) is 0 Å². The molecular weight excluding hydrogens is 430 g/mol. The lowest BCUT2D eigenvalue weighted by molar-refractivity contribution is -0.0440. The van der Waals surface area contributed by atoms with Crippen molar-refractivity contribution in [3.8, 4) is 5.75 Å². The lowest BCUT2D eigenvalue weighted by Gasteiger charge is -2.34. The Balaban J connectivity index is 1.61. The van der Waals surface area contributed by atoms with Crippen molar-refractivity contribution in [2.75, 3.05) is 26.3 Å². The third-order valence-corrected chi connectivity index (χ3v) is 6.64. The standard InChI is InChI=1S/C21H24ClNO6S/c1-15-13-23(14-16(2)29-15)30(25,26)18-7-5-6-17(12-18)21(24)28-11-10-27-20-9-4-3-8-19(20)22/h3-9,12,15-16H,10-11,13-14H2,1-2H3. The van der Waals surface area contributed by atoms with Gasteiger partial charge in [-0.05, 0) is 44.2 Å². The smallest absolute Gasteiger partial charge is 0.338 e. The number of morpholine rings is 1. The number of sulfonamides is 1. The Morgan fingerprint density at radius 2 is 1.80 bits per heavy atom. The van der Waals surface area contributed by atoms with E-state index >= 15 is 0 Å². The van der Waals surface area contributed by atoms with E-state index in [0.29, 0.717) is 10.8 Å². The molecule has 0 amide bonds. The van der Waals surface area contributed by atoms with Crippen LogP contribution >= 0.6 is 11.6 Å². The Kier molecular flexibility index (Phi) is 7.36. The molecular formula is C21H24ClNO6S. The number of ether oxygens (including phenoxy) is 3. The van der Waals surface area contributed by atoms with Crippen LogP contribution in [0.1, 0.15) is 24.2 Å². The Morgan fingerprint density at radius 3 is 2.50 bits per heavy atom. The van der Waals surface area contributed by atoms with Crippen LogP contribution in [0.3, 0.4) is 0 Å². The van der Waals surface area contributed by atoms with Gasteiger partial charge >= 0.3 is 5.97 Å². The van der Waals surface area contributed by atoms with Crippen molar-refractivity contribution >= 4 is 27.6 Å².